The zero-order valence-corrected chi connectivity index (χ0v) is 14.8. The van der Waals surface area contributed by atoms with E-state index in [1.54, 1.807) is 19.1 Å². The maximum atomic E-state index is 13.7. The Hall–Kier alpha value is -2.21. The van der Waals surface area contributed by atoms with E-state index in [0.29, 0.717) is 11.3 Å². The number of fused-ring (bicyclic) bond motifs is 1. The van der Waals surface area contributed by atoms with Crippen LogP contribution in [0.25, 0.3) is 0 Å². The van der Waals surface area contributed by atoms with E-state index in [2.05, 4.69) is 5.32 Å². The molecule has 1 heterocycles. The molecule has 0 fully saturated rings. The molecular formula is C19H20FNO3S. The van der Waals surface area contributed by atoms with Crippen molar-refractivity contribution in [3.63, 3.8) is 0 Å². The fourth-order valence-electron chi connectivity index (χ4n) is 2.88. The summed E-state index contributed by atoms with van der Waals surface area (Å²) in [6.45, 7) is 1.75. The molecule has 4 nitrogen and oxygen atoms in total. The van der Waals surface area contributed by atoms with Crippen LogP contribution < -0.4 is 5.32 Å². The van der Waals surface area contributed by atoms with E-state index in [-0.39, 0.29) is 5.69 Å². The standard InChI is InChI=1S/C19H20FNO3S/c1-2-15(18(22)21-14-9-5-4-8-13(14)20)24-19(23)17-11-12-7-3-6-10-16(12)25-17/h4-5,8-9,11,15H,2-3,6-7,10H2,1H3,(H,21,22). The SMILES string of the molecule is CCC(OC(=O)c1cc2c(s1)CCCC2)C(=O)Nc1ccccc1F. The lowest BCUT2D eigenvalue weighted by Crippen LogP contribution is -2.32. The predicted octanol–water partition coefficient (Wildman–Crippen LogP) is 4.34. The summed E-state index contributed by atoms with van der Waals surface area (Å²) in [4.78, 5) is 26.5. The zero-order valence-electron chi connectivity index (χ0n) is 14.0. The summed E-state index contributed by atoms with van der Waals surface area (Å²) in [5, 5.41) is 2.48. The van der Waals surface area contributed by atoms with Crippen molar-refractivity contribution in [2.75, 3.05) is 5.32 Å². The van der Waals surface area contributed by atoms with Crippen molar-refractivity contribution in [2.24, 2.45) is 0 Å². The molecule has 3 rings (SSSR count). The Balaban J connectivity index is 1.66. The monoisotopic (exact) mass is 361 g/mol. The van der Waals surface area contributed by atoms with Gasteiger partial charge in [-0.2, -0.15) is 0 Å². The van der Waals surface area contributed by atoms with Crippen LogP contribution in [-0.2, 0) is 22.4 Å². The van der Waals surface area contributed by atoms with Crippen molar-refractivity contribution < 1.29 is 18.7 Å². The number of halogens is 1. The summed E-state index contributed by atoms with van der Waals surface area (Å²) >= 11 is 1.45. The van der Waals surface area contributed by atoms with Crippen LogP contribution >= 0.6 is 11.3 Å². The van der Waals surface area contributed by atoms with Crippen molar-refractivity contribution in [1.29, 1.82) is 0 Å². The Morgan fingerprint density at radius 1 is 1.28 bits per heavy atom. The number of hydrogen-bond donors (Lipinski definition) is 1. The zero-order chi connectivity index (χ0) is 17.8. The van der Waals surface area contributed by atoms with E-state index in [1.807, 2.05) is 6.07 Å². The minimum absolute atomic E-state index is 0.0774. The number of hydrogen-bond acceptors (Lipinski definition) is 4. The number of thiophene rings is 1. The van der Waals surface area contributed by atoms with Gasteiger partial charge < -0.3 is 10.1 Å². The van der Waals surface area contributed by atoms with Crippen LogP contribution in [0.5, 0.6) is 0 Å². The number of ether oxygens (including phenoxy) is 1. The van der Waals surface area contributed by atoms with Gasteiger partial charge in [-0.15, -0.1) is 11.3 Å². The molecule has 1 aromatic carbocycles. The summed E-state index contributed by atoms with van der Waals surface area (Å²) in [6, 6.07) is 7.78. The second-order valence-corrected chi connectivity index (χ2v) is 7.17. The summed E-state index contributed by atoms with van der Waals surface area (Å²) in [6.07, 6.45) is 3.64. The number of benzene rings is 1. The third kappa shape index (κ3) is 4.07. The van der Waals surface area contributed by atoms with E-state index in [9.17, 15) is 14.0 Å². The minimum Gasteiger partial charge on any atom is -0.448 e. The summed E-state index contributed by atoms with van der Waals surface area (Å²) < 4.78 is 19.0. The topological polar surface area (TPSA) is 55.4 Å². The molecule has 1 aliphatic carbocycles. The molecule has 1 amide bonds. The molecular weight excluding hydrogens is 341 g/mol. The van der Waals surface area contributed by atoms with Crippen LogP contribution in [0.2, 0.25) is 0 Å². The van der Waals surface area contributed by atoms with Crippen LogP contribution in [0.3, 0.4) is 0 Å². The van der Waals surface area contributed by atoms with Gasteiger partial charge in [0.2, 0.25) is 0 Å². The molecule has 25 heavy (non-hydrogen) atoms. The van der Waals surface area contributed by atoms with Gasteiger partial charge in [-0.25, -0.2) is 9.18 Å². The smallest absolute Gasteiger partial charge is 0.349 e. The maximum Gasteiger partial charge on any atom is 0.349 e. The number of aryl methyl sites for hydroxylation is 2. The molecule has 0 radical (unpaired) electrons. The molecule has 2 aromatic rings. The highest BCUT2D eigenvalue weighted by Gasteiger charge is 2.25. The molecule has 1 N–H and O–H groups in total. The molecule has 0 bridgehead atoms. The third-order valence-corrected chi connectivity index (χ3v) is 5.46. The number of amides is 1. The molecule has 0 aliphatic heterocycles. The molecule has 1 aliphatic rings. The van der Waals surface area contributed by atoms with Gasteiger partial charge in [0.1, 0.15) is 10.7 Å². The van der Waals surface area contributed by atoms with Gasteiger partial charge in [0.25, 0.3) is 5.91 Å². The lowest BCUT2D eigenvalue weighted by Gasteiger charge is -2.15. The van der Waals surface area contributed by atoms with Gasteiger partial charge in [0.15, 0.2) is 6.10 Å². The first-order valence-electron chi connectivity index (χ1n) is 8.46. The van der Waals surface area contributed by atoms with E-state index in [4.69, 9.17) is 4.74 Å². The van der Waals surface area contributed by atoms with Gasteiger partial charge in [-0.1, -0.05) is 19.1 Å². The number of carbonyl (C=O) groups is 2. The van der Waals surface area contributed by atoms with Crippen molar-refractivity contribution in [2.45, 2.75) is 45.1 Å². The summed E-state index contributed by atoms with van der Waals surface area (Å²) in [5.41, 5.74) is 1.29. The first-order valence-corrected chi connectivity index (χ1v) is 9.28. The van der Waals surface area contributed by atoms with Gasteiger partial charge >= 0.3 is 5.97 Å². The average molecular weight is 361 g/mol. The van der Waals surface area contributed by atoms with Gasteiger partial charge in [0, 0.05) is 4.88 Å². The molecule has 0 spiro atoms. The highest BCUT2D eigenvalue weighted by Crippen LogP contribution is 2.30. The normalized spacial score (nSPS) is 14.5. The highest BCUT2D eigenvalue weighted by atomic mass is 32.1. The van der Waals surface area contributed by atoms with Crippen LogP contribution in [0.15, 0.2) is 30.3 Å². The Kier molecular flexibility index (Phi) is 5.48. The third-order valence-electron chi connectivity index (χ3n) is 4.24. The summed E-state index contributed by atoms with van der Waals surface area (Å²) in [7, 11) is 0. The lowest BCUT2D eigenvalue weighted by molar-refractivity contribution is -0.124. The minimum atomic E-state index is -0.953. The number of nitrogens with one attached hydrogen (secondary N) is 1. The number of carbonyl (C=O) groups excluding carboxylic acids is 2. The molecule has 0 saturated carbocycles. The number of esters is 1. The van der Waals surface area contributed by atoms with Gasteiger partial charge in [-0.3, -0.25) is 4.79 Å². The Morgan fingerprint density at radius 2 is 2.04 bits per heavy atom. The number of para-hydroxylation sites is 1. The average Bonchev–Trinajstić information content (AvgIpc) is 3.05. The van der Waals surface area contributed by atoms with Gasteiger partial charge in [0.05, 0.1) is 5.69 Å². The first kappa shape index (κ1) is 17.6. The van der Waals surface area contributed by atoms with E-state index < -0.39 is 23.8 Å². The lowest BCUT2D eigenvalue weighted by atomic mass is 9.99. The quantitative estimate of drug-likeness (QED) is 0.806. The second-order valence-electron chi connectivity index (χ2n) is 6.04. The molecule has 0 saturated heterocycles. The van der Waals surface area contributed by atoms with Crippen LogP contribution in [0.4, 0.5) is 10.1 Å². The van der Waals surface area contributed by atoms with E-state index in [0.717, 1.165) is 25.7 Å². The maximum absolute atomic E-state index is 13.7. The van der Waals surface area contributed by atoms with Crippen LogP contribution in [0.1, 0.15) is 46.3 Å². The molecule has 1 aromatic heterocycles. The van der Waals surface area contributed by atoms with Crippen molar-refractivity contribution in [3.05, 3.63) is 51.5 Å². The Bertz CT molecular complexity index is 763. The van der Waals surface area contributed by atoms with Crippen molar-refractivity contribution in [3.8, 4) is 0 Å². The summed E-state index contributed by atoms with van der Waals surface area (Å²) in [5.74, 6) is -1.54. The largest absolute Gasteiger partial charge is 0.448 e. The molecule has 1 unspecified atom stereocenters. The van der Waals surface area contributed by atoms with Crippen molar-refractivity contribution in [1.82, 2.24) is 0 Å². The first-order chi connectivity index (χ1) is 12.1. The fraction of sp³-hybridized carbons (Fsp3) is 0.368. The second kappa shape index (κ2) is 7.78. The number of anilines is 1. The van der Waals surface area contributed by atoms with Crippen LogP contribution in [-0.4, -0.2) is 18.0 Å². The molecule has 132 valence electrons. The fourth-order valence-corrected chi connectivity index (χ4v) is 4.01. The number of rotatable bonds is 5. The van der Waals surface area contributed by atoms with Gasteiger partial charge in [-0.05, 0) is 55.9 Å². The molecule has 1 atom stereocenters. The van der Waals surface area contributed by atoms with E-state index >= 15 is 0 Å². The van der Waals surface area contributed by atoms with Crippen LogP contribution in [0, 0.1) is 5.82 Å². The Morgan fingerprint density at radius 3 is 2.76 bits per heavy atom. The Labute approximate surface area is 150 Å². The predicted molar refractivity (Wildman–Crippen MR) is 95.5 cm³/mol. The van der Waals surface area contributed by atoms with Crippen molar-refractivity contribution >= 4 is 28.9 Å². The van der Waals surface area contributed by atoms with E-state index in [1.165, 1.54) is 33.9 Å². The molecule has 6 heteroatoms. The highest BCUT2D eigenvalue weighted by molar-refractivity contribution is 7.14.